The van der Waals surface area contributed by atoms with Gasteiger partial charge in [-0.2, -0.15) is 0 Å². The van der Waals surface area contributed by atoms with Crippen molar-refractivity contribution < 1.29 is 0 Å². The zero-order valence-corrected chi connectivity index (χ0v) is 13.8. The minimum atomic E-state index is -1.81. The van der Waals surface area contributed by atoms with Gasteiger partial charge in [0.15, 0.2) is 0 Å². The lowest BCUT2D eigenvalue weighted by Crippen LogP contribution is -2.17. The molecule has 0 N–H and O–H groups in total. The molecule has 0 saturated carbocycles. The van der Waals surface area contributed by atoms with Crippen molar-refractivity contribution in [3.63, 3.8) is 0 Å². The van der Waals surface area contributed by atoms with E-state index in [1.165, 1.54) is 21.5 Å². The summed E-state index contributed by atoms with van der Waals surface area (Å²) < 4.78 is 0. The Bertz CT molecular complexity index is 734. The molecule has 0 fully saturated rings. The molecule has 0 heterocycles. The second-order valence-corrected chi connectivity index (χ2v) is 8.85. The van der Waals surface area contributed by atoms with Crippen molar-refractivity contribution in [3.05, 3.63) is 95.9 Å². The Labute approximate surface area is 133 Å². The van der Waals surface area contributed by atoms with Gasteiger partial charge in [-0.1, -0.05) is 96.8 Å². The third-order valence-corrected chi connectivity index (χ3v) is 7.69. The van der Waals surface area contributed by atoms with Crippen LogP contribution in [0.4, 0.5) is 0 Å². The lowest BCUT2D eigenvalue weighted by Gasteiger charge is -2.27. The van der Waals surface area contributed by atoms with Crippen LogP contribution in [-0.4, -0.2) is 6.30 Å². The van der Waals surface area contributed by atoms with E-state index in [-0.39, 0.29) is 0 Å². The molecule has 3 rings (SSSR count). The average Bonchev–Trinajstić information content (AvgIpc) is 2.81. The van der Waals surface area contributed by atoms with Gasteiger partial charge in [-0.25, -0.2) is 0 Å². The van der Waals surface area contributed by atoms with Gasteiger partial charge in [0.05, 0.1) is 0 Å². The molecule has 1 heteroatoms. The summed E-state index contributed by atoms with van der Waals surface area (Å²) in [7, 11) is 0. The number of allylic oxidation sites excluding steroid dienone is 6. The Balaban J connectivity index is 2.19. The minimum absolute atomic E-state index is 0.999. The number of benzene rings is 2. The number of hydrogen-bond acceptors (Lipinski definition) is 0. The fraction of sp³-hybridized carbons (Fsp3) is 0.0952. The van der Waals surface area contributed by atoms with Gasteiger partial charge in [0.2, 0.25) is 0 Å². The standard InChI is InChI=1S/C21H21P/c1-18-10-9-15-21(17-16-18)22(2,19-11-5-3-6-12-19)20-13-7-4-8-14-20/h3-15,17H,2,16H2,1H3. The van der Waals surface area contributed by atoms with E-state index in [1.807, 2.05) is 0 Å². The summed E-state index contributed by atoms with van der Waals surface area (Å²) in [5.41, 5.74) is 1.39. The summed E-state index contributed by atoms with van der Waals surface area (Å²) in [5.74, 6) is 0. The van der Waals surface area contributed by atoms with Crippen LogP contribution < -0.4 is 10.6 Å². The maximum atomic E-state index is 4.77. The fourth-order valence-corrected chi connectivity index (χ4v) is 5.81. The van der Waals surface area contributed by atoms with Crippen LogP contribution in [0.1, 0.15) is 13.3 Å². The molecule has 0 spiro atoms. The van der Waals surface area contributed by atoms with Crippen LogP contribution in [-0.2, 0) is 0 Å². The normalized spacial score (nSPS) is 15.0. The first-order valence-corrected chi connectivity index (χ1v) is 9.58. The summed E-state index contributed by atoms with van der Waals surface area (Å²) >= 11 is 0. The minimum Gasteiger partial charge on any atom is -0.0887 e. The third kappa shape index (κ3) is 2.80. The highest BCUT2D eigenvalue weighted by atomic mass is 31.2. The van der Waals surface area contributed by atoms with E-state index < -0.39 is 6.89 Å². The summed E-state index contributed by atoms with van der Waals surface area (Å²) in [6.45, 7) is 0.366. The predicted molar refractivity (Wildman–Crippen MR) is 102 cm³/mol. The molecule has 0 nitrogen and oxygen atoms in total. The molecule has 0 saturated heterocycles. The summed E-state index contributed by atoms with van der Waals surface area (Å²) in [6.07, 6.45) is 14.7. The van der Waals surface area contributed by atoms with Crippen LogP contribution in [0.2, 0.25) is 0 Å². The largest absolute Gasteiger partial charge is 0.0887 e. The second-order valence-electron chi connectivity index (χ2n) is 5.69. The van der Waals surface area contributed by atoms with Gasteiger partial charge in [0.25, 0.3) is 0 Å². The van der Waals surface area contributed by atoms with E-state index >= 15 is 0 Å². The monoisotopic (exact) mass is 304 g/mol. The highest BCUT2D eigenvalue weighted by molar-refractivity contribution is 7.90. The van der Waals surface area contributed by atoms with Crippen molar-refractivity contribution in [2.45, 2.75) is 13.3 Å². The van der Waals surface area contributed by atoms with Gasteiger partial charge in [-0.15, -0.1) is 0 Å². The van der Waals surface area contributed by atoms with Crippen molar-refractivity contribution in [2.24, 2.45) is 0 Å². The molecule has 0 unspecified atom stereocenters. The van der Waals surface area contributed by atoms with Crippen LogP contribution in [0.5, 0.6) is 0 Å². The molecule has 0 bridgehead atoms. The van der Waals surface area contributed by atoms with E-state index in [9.17, 15) is 0 Å². The van der Waals surface area contributed by atoms with E-state index in [2.05, 4.69) is 91.9 Å². The van der Waals surface area contributed by atoms with Gasteiger partial charge >= 0.3 is 0 Å². The van der Waals surface area contributed by atoms with Crippen LogP contribution in [0.25, 0.3) is 0 Å². The summed E-state index contributed by atoms with van der Waals surface area (Å²) in [4.78, 5) is 0. The molecule has 2 aromatic carbocycles. The lowest BCUT2D eigenvalue weighted by molar-refractivity contribution is 1.22. The van der Waals surface area contributed by atoms with Crippen LogP contribution >= 0.6 is 6.89 Å². The Morgan fingerprint density at radius 3 is 1.95 bits per heavy atom. The Hall–Kier alpha value is -2.04. The number of rotatable bonds is 3. The zero-order chi connectivity index (χ0) is 15.4. The van der Waals surface area contributed by atoms with Crippen LogP contribution in [0, 0.1) is 0 Å². The molecular weight excluding hydrogens is 283 g/mol. The Morgan fingerprint density at radius 1 is 0.864 bits per heavy atom. The van der Waals surface area contributed by atoms with Crippen LogP contribution in [0.3, 0.4) is 0 Å². The highest BCUT2D eigenvalue weighted by Crippen LogP contribution is 2.52. The molecule has 0 atom stereocenters. The lowest BCUT2D eigenvalue weighted by atomic mass is 10.2. The fourth-order valence-electron chi connectivity index (χ4n) is 2.81. The molecular formula is C21H21P. The molecule has 0 aliphatic heterocycles. The Kier molecular flexibility index (Phi) is 4.32. The van der Waals surface area contributed by atoms with Crippen molar-refractivity contribution in [2.75, 3.05) is 0 Å². The zero-order valence-electron chi connectivity index (χ0n) is 12.9. The third-order valence-electron chi connectivity index (χ3n) is 4.12. The van der Waals surface area contributed by atoms with Gasteiger partial charge in [-0.05, 0) is 36.2 Å². The molecule has 110 valence electrons. The van der Waals surface area contributed by atoms with E-state index in [4.69, 9.17) is 6.30 Å². The smallest absolute Gasteiger partial charge is 0.0129 e. The quantitative estimate of drug-likeness (QED) is 0.709. The first-order valence-electron chi connectivity index (χ1n) is 7.60. The van der Waals surface area contributed by atoms with Gasteiger partial charge in [0.1, 0.15) is 0 Å². The summed E-state index contributed by atoms with van der Waals surface area (Å²) in [6, 6.07) is 21.5. The van der Waals surface area contributed by atoms with Gasteiger partial charge < -0.3 is 0 Å². The van der Waals surface area contributed by atoms with Crippen molar-refractivity contribution in [3.8, 4) is 0 Å². The van der Waals surface area contributed by atoms with E-state index in [0.29, 0.717) is 0 Å². The average molecular weight is 304 g/mol. The maximum Gasteiger partial charge on any atom is -0.0129 e. The molecule has 2 aromatic rings. The van der Waals surface area contributed by atoms with Gasteiger partial charge in [0, 0.05) is 0 Å². The van der Waals surface area contributed by atoms with Gasteiger partial charge in [-0.3, -0.25) is 0 Å². The van der Waals surface area contributed by atoms with E-state index in [1.54, 1.807) is 0 Å². The number of hydrogen-bond donors (Lipinski definition) is 0. The first kappa shape index (κ1) is 14.9. The summed E-state index contributed by atoms with van der Waals surface area (Å²) in [5, 5.41) is 4.02. The van der Waals surface area contributed by atoms with E-state index in [0.717, 1.165) is 6.42 Å². The molecule has 1 aliphatic rings. The molecule has 0 radical (unpaired) electrons. The SMILES string of the molecule is C=P(C1=CCC(C)=CC=C1)(c1ccccc1)c1ccccc1. The van der Waals surface area contributed by atoms with Crippen molar-refractivity contribution in [1.82, 2.24) is 0 Å². The topological polar surface area (TPSA) is 0 Å². The maximum absolute atomic E-state index is 4.77. The van der Waals surface area contributed by atoms with Crippen molar-refractivity contribution >= 4 is 23.8 Å². The molecule has 1 aliphatic carbocycles. The molecule has 22 heavy (non-hydrogen) atoms. The predicted octanol–water partition coefficient (Wildman–Crippen LogP) is 4.88. The highest BCUT2D eigenvalue weighted by Gasteiger charge is 2.22. The Morgan fingerprint density at radius 2 is 1.41 bits per heavy atom. The molecule has 0 amide bonds. The van der Waals surface area contributed by atoms with Crippen molar-refractivity contribution in [1.29, 1.82) is 0 Å². The first-order chi connectivity index (χ1) is 10.7. The van der Waals surface area contributed by atoms with Crippen LogP contribution in [0.15, 0.2) is 95.9 Å². The second kappa shape index (κ2) is 6.38. The molecule has 0 aromatic heterocycles.